The summed E-state index contributed by atoms with van der Waals surface area (Å²) in [5.74, 6) is -1.34. The number of hydrogen-bond acceptors (Lipinski definition) is 4. The molecular weight excluding hydrogens is 236 g/mol. The fourth-order valence-electron chi connectivity index (χ4n) is 1.36. The maximum absolute atomic E-state index is 11.7. The van der Waals surface area contributed by atoms with E-state index in [0.717, 1.165) is 0 Å². The third kappa shape index (κ3) is 2.54. The molecule has 0 saturated carbocycles. The normalized spacial score (nSPS) is 10.1. The highest BCUT2D eigenvalue weighted by atomic mass is 16.5. The maximum Gasteiger partial charge on any atom is 0.335 e. The summed E-state index contributed by atoms with van der Waals surface area (Å²) in [6.07, 6.45) is 0. The number of rotatable bonds is 3. The first-order valence-corrected chi connectivity index (χ1v) is 5.14. The molecule has 0 bridgehead atoms. The molecule has 6 nitrogen and oxygen atoms in total. The summed E-state index contributed by atoms with van der Waals surface area (Å²) >= 11 is 0. The molecule has 0 aliphatic heterocycles. The topological polar surface area (TPSA) is 92.4 Å². The van der Waals surface area contributed by atoms with Crippen molar-refractivity contribution in [1.82, 2.24) is 5.16 Å². The van der Waals surface area contributed by atoms with Crippen molar-refractivity contribution >= 4 is 17.6 Å². The standard InChI is InChI=1S/C12H10N2O4/c1-7-6-10(18-14-7)11(15)13-9-4-2-8(3-5-9)12(16)17/h2-6H,1H3,(H,13,15)(H,16,17). The number of hydrogen-bond donors (Lipinski definition) is 2. The van der Waals surface area contributed by atoms with Gasteiger partial charge in [0.1, 0.15) is 0 Å². The molecule has 92 valence electrons. The van der Waals surface area contributed by atoms with Crippen LogP contribution in [0.1, 0.15) is 26.6 Å². The molecule has 6 heteroatoms. The van der Waals surface area contributed by atoms with Crippen LogP contribution in [0, 0.1) is 6.92 Å². The summed E-state index contributed by atoms with van der Waals surface area (Å²) in [7, 11) is 0. The van der Waals surface area contributed by atoms with E-state index >= 15 is 0 Å². The van der Waals surface area contributed by atoms with Gasteiger partial charge in [-0.1, -0.05) is 5.16 Å². The van der Waals surface area contributed by atoms with Gasteiger partial charge in [-0.15, -0.1) is 0 Å². The van der Waals surface area contributed by atoms with E-state index in [1.807, 2.05) is 0 Å². The van der Waals surface area contributed by atoms with Crippen molar-refractivity contribution in [2.75, 3.05) is 5.32 Å². The molecule has 1 amide bonds. The average molecular weight is 246 g/mol. The maximum atomic E-state index is 11.7. The van der Waals surface area contributed by atoms with Crippen LogP contribution in [0.4, 0.5) is 5.69 Å². The number of nitrogens with one attached hydrogen (secondary N) is 1. The van der Waals surface area contributed by atoms with E-state index in [0.29, 0.717) is 11.4 Å². The van der Waals surface area contributed by atoms with Crippen molar-refractivity contribution in [2.24, 2.45) is 0 Å². The molecule has 0 aliphatic carbocycles. The second-order valence-electron chi connectivity index (χ2n) is 3.67. The highest BCUT2D eigenvalue weighted by Gasteiger charge is 2.11. The number of nitrogens with zero attached hydrogens (tertiary/aromatic N) is 1. The minimum Gasteiger partial charge on any atom is -0.478 e. The summed E-state index contributed by atoms with van der Waals surface area (Å²) < 4.78 is 4.80. The zero-order valence-corrected chi connectivity index (χ0v) is 9.51. The third-order valence-corrected chi connectivity index (χ3v) is 2.24. The van der Waals surface area contributed by atoms with Gasteiger partial charge in [0.05, 0.1) is 11.3 Å². The van der Waals surface area contributed by atoms with Crippen LogP contribution >= 0.6 is 0 Å². The Kier molecular flexibility index (Phi) is 3.09. The Morgan fingerprint density at radius 1 is 1.28 bits per heavy atom. The fourth-order valence-corrected chi connectivity index (χ4v) is 1.36. The van der Waals surface area contributed by atoms with E-state index in [-0.39, 0.29) is 11.3 Å². The molecule has 1 aromatic carbocycles. The zero-order chi connectivity index (χ0) is 13.1. The number of anilines is 1. The van der Waals surface area contributed by atoms with Crippen LogP contribution in [0.25, 0.3) is 0 Å². The zero-order valence-electron chi connectivity index (χ0n) is 9.51. The quantitative estimate of drug-likeness (QED) is 0.863. The van der Waals surface area contributed by atoms with E-state index < -0.39 is 11.9 Å². The lowest BCUT2D eigenvalue weighted by Crippen LogP contribution is -2.11. The lowest BCUT2D eigenvalue weighted by atomic mass is 10.2. The first-order valence-electron chi connectivity index (χ1n) is 5.14. The van der Waals surface area contributed by atoms with Gasteiger partial charge in [0.15, 0.2) is 0 Å². The number of carboxylic acids is 1. The van der Waals surface area contributed by atoms with E-state index in [2.05, 4.69) is 10.5 Å². The van der Waals surface area contributed by atoms with Crippen LogP contribution in [0.5, 0.6) is 0 Å². The first kappa shape index (κ1) is 11.8. The largest absolute Gasteiger partial charge is 0.478 e. The molecule has 0 spiro atoms. The van der Waals surface area contributed by atoms with Crippen LogP contribution < -0.4 is 5.32 Å². The van der Waals surface area contributed by atoms with Gasteiger partial charge in [0, 0.05) is 11.8 Å². The highest BCUT2D eigenvalue weighted by molar-refractivity contribution is 6.02. The molecule has 2 N–H and O–H groups in total. The number of aromatic nitrogens is 1. The molecule has 2 rings (SSSR count). The van der Waals surface area contributed by atoms with Crippen LogP contribution in [0.3, 0.4) is 0 Å². The number of carboxylic acid groups (broad SMARTS) is 1. The van der Waals surface area contributed by atoms with Gasteiger partial charge in [-0.25, -0.2) is 4.79 Å². The monoisotopic (exact) mass is 246 g/mol. The van der Waals surface area contributed by atoms with Crippen molar-refractivity contribution < 1.29 is 19.2 Å². The molecular formula is C12H10N2O4. The smallest absolute Gasteiger partial charge is 0.335 e. The second kappa shape index (κ2) is 4.70. The predicted octanol–water partition coefficient (Wildman–Crippen LogP) is 1.93. The van der Waals surface area contributed by atoms with Gasteiger partial charge in [-0.3, -0.25) is 4.79 Å². The average Bonchev–Trinajstić information content (AvgIpc) is 2.76. The Bertz CT molecular complexity index is 586. The minimum atomic E-state index is -1.02. The van der Waals surface area contributed by atoms with E-state index in [4.69, 9.17) is 9.63 Å². The molecule has 1 aromatic heterocycles. The van der Waals surface area contributed by atoms with Crippen LogP contribution in [-0.2, 0) is 0 Å². The number of carbonyl (C=O) groups excluding carboxylic acids is 1. The molecule has 0 radical (unpaired) electrons. The first-order chi connectivity index (χ1) is 8.56. The van der Waals surface area contributed by atoms with Gasteiger partial charge < -0.3 is 14.9 Å². The molecule has 0 saturated heterocycles. The van der Waals surface area contributed by atoms with Gasteiger partial charge in [0.2, 0.25) is 5.76 Å². The molecule has 1 heterocycles. The van der Waals surface area contributed by atoms with Gasteiger partial charge in [-0.05, 0) is 31.2 Å². The summed E-state index contributed by atoms with van der Waals surface area (Å²) in [4.78, 5) is 22.3. The second-order valence-corrected chi connectivity index (χ2v) is 3.67. The Morgan fingerprint density at radius 3 is 2.44 bits per heavy atom. The van der Waals surface area contributed by atoms with Crippen molar-refractivity contribution in [3.63, 3.8) is 0 Å². The van der Waals surface area contributed by atoms with Crippen molar-refractivity contribution in [2.45, 2.75) is 6.92 Å². The number of carbonyl (C=O) groups is 2. The summed E-state index contributed by atoms with van der Waals surface area (Å²) in [6, 6.07) is 7.34. The Morgan fingerprint density at radius 2 is 1.94 bits per heavy atom. The highest BCUT2D eigenvalue weighted by Crippen LogP contribution is 2.12. The van der Waals surface area contributed by atoms with E-state index in [1.54, 1.807) is 6.92 Å². The van der Waals surface area contributed by atoms with E-state index in [9.17, 15) is 9.59 Å². The lowest BCUT2D eigenvalue weighted by molar-refractivity contribution is 0.0696. The summed E-state index contributed by atoms with van der Waals surface area (Å²) in [5.41, 5.74) is 1.25. The van der Waals surface area contributed by atoms with Crippen molar-refractivity contribution in [3.8, 4) is 0 Å². The lowest BCUT2D eigenvalue weighted by Gasteiger charge is -2.02. The summed E-state index contributed by atoms with van der Waals surface area (Å²) in [6.45, 7) is 1.71. The SMILES string of the molecule is Cc1cc(C(=O)Nc2ccc(C(=O)O)cc2)on1. The Balaban J connectivity index is 2.10. The number of aryl methyl sites for hydroxylation is 1. The molecule has 0 atom stereocenters. The number of benzene rings is 1. The molecule has 0 unspecified atom stereocenters. The minimum absolute atomic E-state index is 0.106. The van der Waals surface area contributed by atoms with Gasteiger partial charge in [-0.2, -0.15) is 0 Å². The third-order valence-electron chi connectivity index (χ3n) is 2.24. The van der Waals surface area contributed by atoms with Gasteiger partial charge >= 0.3 is 5.97 Å². The number of amides is 1. The molecule has 2 aromatic rings. The summed E-state index contributed by atoms with van der Waals surface area (Å²) in [5, 5.41) is 14.9. The predicted molar refractivity (Wildman–Crippen MR) is 62.6 cm³/mol. The van der Waals surface area contributed by atoms with Crippen LogP contribution in [-0.4, -0.2) is 22.1 Å². The number of aromatic carboxylic acids is 1. The van der Waals surface area contributed by atoms with E-state index in [1.165, 1.54) is 30.3 Å². The molecule has 0 aliphatic rings. The Labute approximate surface area is 102 Å². The van der Waals surface area contributed by atoms with Gasteiger partial charge in [0.25, 0.3) is 5.91 Å². The molecule has 0 fully saturated rings. The fraction of sp³-hybridized carbons (Fsp3) is 0.0833. The van der Waals surface area contributed by atoms with Crippen molar-refractivity contribution in [1.29, 1.82) is 0 Å². The van der Waals surface area contributed by atoms with Crippen molar-refractivity contribution in [3.05, 3.63) is 47.3 Å². The van der Waals surface area contributed by atoms with Crippen LogP contribution in [0.15, 0.2) is 34.9 Å². The molecule has 18 heavy (non-hydrogen) atoms. The Hall–Kier alpha value is -2.63. The van der Waals surface area contributed by atoms with Crippen LogP contribution in [0.2, 0.25) is 0 Å².